The van der Waals surface area contributed by atoms with Crippen LogP contribution in [0.15, 0.2) is 54.6 Å². The van der Waals surface area contributed by atoms with Gasteiger partial charge in [0.25, 0.3) is 0 Å². The van der Waals surface area contributed by atoms with Gasteiger partial charge >= 0.3 is 0 Å². The van der Waals surface area contributed by atoms with Gasteiger partial charge in [-0.3, -0.25) is 0 Å². The highest BCUT2D eigenvalue weighted by molar-refractivity contribution is 5.93. The van der Waals surface area contributed by atoms with Gasteiger partial charge in [0.15, 0.2) is 0 Å². The molecule has 0 fully saturated rings. The quantitative estimate of drug-likeness (QED) is 0.394. The van der Waals surface area contributed by atoms with E-state index in [4.69, 9.17) is 4.11 Å². The third kappa shape index (κ3) is 3.19. The van der Waals surface area contributed by atoms with Crippen molar-refractivity contribution >= 4 is 17.7 Å². The molecular weight excluding hydrogens is 271 g/mol. The second kappa shape index (κ2) is 5.91. The second-order valence-corrected chi connectivity index (χ2v) is 5.74. The molecular formula is C20H21NO. The Kier molecular flexibility index (Phi) is 3.07. The largest absolute Gasteiger partial charge is 0.633 e. The minimum atomic E-state index is -2.56. The van der Waals surface area contributed by atoms with E-state index in [1.807, 2.05) is 30.3 Å². The lowest BCUT2D eigenvalue weighted by Crippen LogP contribution is -2.32. The van der Waals surface area contributed by atoms with Gasteiger partial charge in [0.1, 0.15) is 0 Å². The lowest BCUT2D eigenvalue weighted by molar-refractivity contribution is -0.839. The molecule has 0 saturated heterocycles. The first kappa shape index (κ1) is 11.4. The number of benzene rings is 2. The summed E-state index contributed by atoms with van der Waals surface area (Å²) in [4.78, 5) is 0. The summed E-state index contributed by atoms with van der Waals surface area (Å²) in [6.45, 7) is -2.54. The van der Waals surface area contributed by atoms with Crippen molar-refractivity contribution in [1.82, 2.24) is 0 Å². The number of hydroxylamine groups is 3. The van der Waals surface area contributed by atoms with Gasteiger partial charge in [0.2, 0.25) is 0 Å². The van der Waals surface area contributed by atoms with Crippen LogP contribution in [0.1, 0.15) is 32.8 Å². The summed E-state index contributed by atoms with van der Waals surface area (Å²) in [5.41, 5.74) is 5.46. The Morgan fingerprint density at radius 2 is 1.55 bits per heavy atom. The Hall–Kier alpha value is -2.16. The van der Waals surface area contributed by atoms with Crippen molar-refractivity contribution in [3.05, 3.63) is 82.1 Å². The van der Waals surface area contributed by atoms with E-state index in [1.54, 1.807) is 0 Å². The van der Waals surface area contributed by atoms with Crippen LogP contribution in [0.3, 0.4) is 0 Å². The molecule has 0 radical (unpaired) electrons. The number of rotatable bonds is 3. The molecule has 22 heavy (non-hydrogen) atoms. The van der Waals surface area contributed by atoms with Crippen LogP contribution in [0.4, 0.5) is 0 Å². The Morgan fingerprint density at radius 1 is 1.00 bits per heavy atom. The standard InChI is InChI=1S/C20H21NO/c1-21(2,22)15-7-12-20-18-10-5-3-8-16(18)13-14-17-9-4-6-11-19(17)20/h3-6,8-14H,7,15H2,1-2H3/i1+1D3. The summed E-state index contributed by atoms with van der Waals surface area (Å²) in [6, 6.07) is 16.2. The summed E-state index contributed by atoms with van der Waals surface area (Å²) in [6.07, 6.45) is 6.57. The van der Waals surface area contributed by atoms with Crippen molar-refractivity contribution in [2.24, 2.45) is 0 Å². The Morgan fingerprint density at radius 3 is 2.09 bits per heavy atom. The maximum Gasteiger partial charge on any atom is 0.0890 e. The molecule has 0 amide bonds. The highest BCUT2D eigenvalue weighted by atomic mass is 16.6. The van der Waals surface area contributed by atoms with E-state index in [-0.39, 0.29) is 6.54 Å². The first-order chi connectivity index (χ1) is 11.8. The predicted octanol–water partition coefficient (Wildman–Crippen LogP) is 4.57. The molecule has 0 spiro atoms. The first-order valence-corrected chi connectivity index (χ1v) is 7.43. The molecule has 3 rings (SSSR count). The summed E-state index contributed by atoms with van der Waals surface area (Å²) < 4.78 is 20.9. The van der Waals surface area contributed by atoms with Crippen molar-refractivity contribution in [3.63, 3.8) is 0 Å². The fraction of sp³-hybridized carbons (Fsp3) is 0.200. The number of nitrogens with zero attached hydrogens (tertiary/aromatic N) is 1. The van der Waals surface area contributed by atoms with Crippen LogP contribution in [0.2, 0.25) is 0 Å². The van der Waals surface area contributed by atoms with Gasteiger partial charge in [-0.25, -0.2) is 0 Å². The van der Waals surface area contributed by atoms with Gasteiger partial charge < -0.3 is 9.85 Å². The van der Waals surface area contributed by atoms with Gasteiger partial charge in [-0.2, -0.15) is 0 Å². The molecule has 2 aromatic rings. The Balaban J connectivity index is 1.99. The molecule has 2 aromatic carbocycles. The van der Waals surface area contributed by atoms with Gasteiger partial charge in [-0.15, -0.1) is 0 Å². The first-order valence-electron chi connectivity index (χ1n) is 8.93. The van der Waals surface area contributed by atoms with Crippen LogP contribution in [0.5, 0.6) is 0 Å². The van der Waals surface area contributed by atoms with Gasteiger partial charge in [-0.05, 0) is 27.8 Å². The van der Waals surface area contributed by atoms with Crippen LogP contribution < -0.4 is 0 Å². The van der Waals surface area contributed by atoms with Crippen LogP contribution in [0.25, 0.3) is 17.7 Å². The van der Waals surface area contributed by atoms with Crippen LogP contribution in [-0.4, -0.2) is 25.2 Å². The summed E-state index contributed by atoms with van der Waals surface area (Å²) in [7, 11) is 1.21. The van der Waals surface area contributed by atoms with E-state index >= 15 is 0 Å². The number of hydrogen-bond donors (Lipinski definition) is 0. The zero-order valence-electron chi connectivity index (χ0n) is 15.6. The predicted molar refractivity (Wildman–Crippen MR) is 93.9 cm³/mol. The highest BCUT2D eigenvalue weighted by Crippen LogP contribution is 2.33. The van der Waals surface area contributed by atoms with Gasteiger partial charge in [0.05, 0.1) is 24.7 Å². The Bertz CT molecular complexity index is 783. The van der Waals surface area contributed by atoms with Crippen molar-refractivity contribution in [2.75, 3.05) is 20.6 Å². The molecule has 0 saturated carbocycles. The van der Waals surface area contributed by atoms with E-state index < -0.39 is 11.6 Å². The van der Waals surface area contributed by atoms with Crippen LogP contribution in [0, 0.1) is 5.21 Å². The van der Waals surface area contributed by atoms with E-state index in [9.17, 15) is 5.21 Å². The van der Waals surface area contributed by atoms with E-state index in [0.717, 1.165) is 27.8 Å². The molecule has 0 aromatic heterocycles. The van der Waals surface area contributed by atoms with Crippen molar-refractivity contribution in [1.29, 1.82) is 0 Å². The van der Waals surface area contributed by atoms with E-state index in [1.165, 1.54) is 7.05 Å². The minimum absolute atomic E-state index is 0.0117. The molecule has 2 heteroatoms. The molecule has 2 nitrogen and oxygen atoms in total. The number of quaternary nitrogens is 1. The topological polar surface area (TPSA) is 23.1 Å². The normalized spacial score (nSPS) is 18.1. The molecule has 0 N–H and O–H groups in total. The molecule has 0 aliphatic heterocycles. The van der Waals surface area contributed by atoms with E-state index in [2.05, 4.69) is 36.4 Å². The maximum atomic E-state index is 12.3. The molecule has 1 aliphatic carbocycles. The lowest BCUT2D eigenvalue weighted by Gasteiger charge is -2.33. The Labute approximate surface area is 136 Å². The summed E-state index contributed by atoms with van der Waals surface area (Å²) >= 11 is 0. The zero-order chi connectivity index (χ0) is 18.1. The lowest BCUT2D eigenvalue weighted by atomic mass is 9.93. The molecule has 0 bridgehead atoms. The maximum absolute atomic E-state index is 12.3. The van der Waals surface area contributed by atoms with E-state index in [0.29, 0.717) is 6.42 Å². The molecule has 112 valence electrons. The van der Waals surface area contributed by atoms with Gasteiger partial charge in [-0.1, -0.05) is 66.8 Å². The third-order valence-corrected chi connectivity index (χ3v) is 3.85. The SMILES string of the molecule is [2H][13C]([2H])([2H])[N+](C)([O-])CCC=C1c2ccccc2C=Cc2ccccc21. The average molecular weight is 295 g/mol. The fourth-order valence-corrected chi connectivity index (χ4v) is 2.78. The van der Waals surface area contributed by atoms with Crippen LogP contribution >= 0.6 is 0 Å². The van der Waals surface area contributed by atoms with Crippen molar-refractivity contribution < 1.29 is 8.76 Å². The number of fused-ring (bicyclic) bond motifs is 2. The second-order valence-electron chi connectivity index (χ2n) is 5.74. The third-order valence-electron chi connectivity index (χ3n) is 3.85. The minimum Gasteiger partial charge on any atom is -0.633 e. The summed E-state index contributed by atoms with van der Waals surface area (Å²) in [5.74, 6) is 0. The van der Waals surface area contributed by atoms with Crippen LogP contribution in [-0.2, 0) is 0 Å². The molecule has 0 heterocycles. The zero-order valence-corrected chi connectivity index (χ0v) is 12.6. The van der Waals surface area contributed by atoms with Gasteiger partial charge in [0, 0.05) is 6.42 Å². The molecule has 1 unspecified atom stereocenters. The van der Waals surface area contributed by atoms with Crippen molar-refractivity contribution in [3.8, 4) is 0 Å². The monoisotopic (exact) mass is 295 g/mol. The van der Waals surface area contributed by atoms with Crippen molar-refractivity contribution in [2.45, 2.75) is 6.42 Å². The highest BCUT2D eigenvalue weighted by Gasteiger charge is 2.14. The number of hydrogen-bond acceptors (Lipinski definition) is 1. The summed E-state index contributed by atoms with van der Waals surface area (Å²) in [5, 5.41) is 12.3. The fourth-order valence-electron chi connectivity index (χ4n) is 2.78. The molecule has 1 atom stereocenters. The molecule has 1 aliphatic rings. The average Bonchev–Trinajstić information content (AvgIpc) is 2.72. The smallest absolute Gasteiger partial charge is 0.0890 e.